The summed E-state index contributed by atoms with van der Waals surface area (Å²) in [6.45, 7) is 0.388. The predicted molar refractivity (Wildman–Crippen MR) is 64.3 cm³/mol. The Morgan fingerprint density at radius 3 is 2.60 bits per heavy atom. The van der Waals surface area contributed by atoms with Gasteiger partial charge in [-0.15, -0.1) is 0 Å². The number of nitrogens with two attached hydrogens (primary N) is 1. The minimum atomic E-state index is -0.536. The van der Waals surface area contributed by atoms with Crippen molar-refractivity contribution in [2.24, 2.45) is 5.73 Å². The number of hydrogen-bond donors (Lipinski definition) is 3. The SMILES string of the molecule is COc1ccccc1CNC(N)=O.CS. The van der Waals surface area contributed by atoms with Gasteiger partial charge in [0, 0.05) is 12.1 Å². The van der Waals surface area contributed by atoms with Crippen LogP contribution in [-0.4, -0.2) is 19.4 Å². The zero-order chi connectivity index (χ0) is 11.7. The van der Waals surface area contributed by atoms with Crippen LogP contribution in [0.2, 0.25) is 0 Å². The van der Waals surface area contributed by atoms with Gasteiger partial charge in [-0.2, -0.15) is 12.6 Å². The van der Waals surface area contributed by atoms with E-state index in [1.165, 1.54) is 0 Å². The summed E-state index contributed by atoms with van der Waals surface area (Å²) >= 11 is 3.53. The van der Waals surface area contributed by atoms with Crippen LogP contribution in [0.3, 0.4) is 0 Å². The second-order valence-corrected chi connectivity index (χ2v) is 2.53. The number of carbonyl (C=O) groups is 1. The molecule has 84 valence electrons. The van der Waals surface area contributed by atoms with Crippen molar-refractivity contribution in [3.05, 3.63) is 29.8 Å². The molecule has 0 radical (unpaired) electrons. The lowest BCUT2D eigenvalue weighted by Crippen LogP contribution is -2.28. The summed E-state index contributed by atoms with van der Waals surface area (Å²) < 4.78 is 5.09. The molecule has 0 aromatic heterocycles. The number of ether oxygens (including phenoxy) is 1. The lowest BCUT2D eigenvalue weighted by atomic mass is 10.2. The smallest absolute Gasteiger partial charge is 0.312 e. The second kappa shape index (κ2) is 7.99. The fourth-order valence-corrected chi connectivity index (χ4v) is 1.03. The molecule has 0 saturated heterocycles. The molecule has 0 atom stereocenters. The zero-order valence-corrected chi connectivity index (χ0v) is 9.75. The fourth-order valence-electron chi connectivity index (χ4n) is 1.03. The highest BCUT2D eigenvalue weighted by Crippen LogP contribution is 2.16. The van der Waals surface area contributed by atoms with E-state index in [1.807, 2.05) is 24.3 Å². The number of thiol groups is 1. The molecule has 4 nitrogen and oxygen atoms in total. The number of rotatable bonds is 3. The first-order valence-corrected chi connectivity index (χ1v) is 5.23. The van der Waals surface area contributed by atoms with Crippen LogP contribution in [0, 0.1) is 0 Å². The van der Waals surface area contributed by atoms with Crippen LogP contribution in [0.25, 0.3) is 0 Å². The van der Waals surface area contributed by atoms with E-state index in [0.29, 0.717) is 6.54 Å². The average Bonchev–Trinajstić information content (AvgIpc) is 2.29. The molecule has 2 amide bonds. The Bertz CT molecular complexity index is 305. The largest absolute Gasteiger partial charge is 0.496 e. The standard InChI is InChI=1S/C9H12N2O2.CH4S/c1-13-8-5-3-2-4-7(8)6-11-9(10)12;1-2/h2-5H,6H2,1H3,(H3,10,11,12);2H,1H3. The molecule has 5 heteroatoms. The van der Waals surface area contributed by atoms with E-state index >= 15 is 0 Å². The number of hydrogen-bond acceptors (Lipinski definition) is 3. The van der Waals surface area contributed by atoms with Crippen LogP contribution < -0.4 is 15.8 Å². The number of methoxy groups -OCH3 is 1. The maximum absolute atomic E-state index is 10.4. The van der Waals surface area contributed by atoms with Gasteiger partial charge in [-0.05, 0) is 12.3 Å². The van der Waals surface area contributed by atoms with Gasteiger partial charge in [0.15, 0.2) is 0 Å². The Balaban J connectivity index is 0.000000921. The number of nitrogens with one attached hydrogen (secondary N) is 1. The molecule has 0 fully saturated rings. The third kappa shape index (κ3) is 5.17. The summed E-state index contributed by atoms with van der Waals surface area (Å²) in [5.41, 5.74) is 5.85. The first-order valence-electron chi connectivity index (χ1n) is 4.34. The fraction of sp³-hybridized carbons (Fsp3) is 0.300. The van der Waals surface area contributed by atoms with E-state index in [4.69, 9.17) is 10.5 Å². The average molecular weight is 228 g/mol. The van der Waals surface area contributed by atoms with E-state index in [0.717, 1.165) is 11.3 Å². The predicted octanol–water partition coefficient (Wildman–Crippen LogP) is 1.41. The first kappa shape index (κ1) is 13.6. The minimum Gasteiger partial charge on any atom is -0.496 e. The number of benzene rings is 1. The van der Waals surface area contributed by atoms with Crippen LogP contribution in [-0.2, 0) is 6.54 Å². The van der Waals surface area contributed by atoms with Crippen molar-refractivity contribution in [1.82, 2.24) is 5.32 Å². The van der Waals surface area contributed by atoms with Crippen molar-refractivity contribution >= 4 is 18.7 Å². The van der Waals surface area contributed by atoms with Crippen molar-refractivity contribution < 1.29 is 9.53 Å². The van der Waals surface area contributed by atoms with Crippen LogP contribution in [0.15, 0.2) is 24.3 Å². The molecule has 0 saturated carbocycles. The Hall–Kier alpha value is -1.36. The van der Waals surface area contributed by atoms with Gasteiger partial charge in [0.1, 0.15) is 5.75 Å². The number of para-hydroxylation sites is 1. The summed E-state index contributed by atoms with van der Waals surface area (Å²) in [6.07, 6.45) is 1.69. The number of amides is 2. The number of urea groups is 1. The van der Waals surface area contributed by atoms with E-state index in [9.17, 15) is 4.79 Å². The number of carbonyl (C=O) groups excluding carboxylic acids is 1. The summed E-state index contributed by atoms with van der Waals surface area (Å²) in [5.74, 6) is 0.747. The van der Waals surface area contributed by atoms with E-state index < -0.39 is 6.03 Å². The minimum absolute atomic E-state index is 0.388. The van der Waals surface area contributed by atoms with Gasteiger partial charge in [0.25, 0.3) is 0 Å². The van der Waals surface area contributed by atoms with Crippen molar-refractivity contribution in [2.75, 3.05) is 13.4 Å². The van der Waals surface area contributed by atoms with Gasteiger partial charge in [0.05, 0.1) is 7.11 Å². The molecule has 1 aromatic carbocycles. The quantitative estimate of drug-likeness (QED) is 0.685. The molecule has 1 aromatic rings. The van der Waals surface area contributed by atoms with Crippen LogP contribution >= 0.6 is 12.6 Å². The Morgan fingerprint density at radius 1 is 1.47 bits per heavy atom. The molecule has 0 aliphatic heterocycles. The van der Waals surface area contributed by atoms with E-state index in [1.54, 1.807) is 13.4 Å². The lowest BCUT2D eigenvalue weighted by molar-refractivity contribution is 0.248. The summed E-state index contributed by atoms with van der Waals surface area (Å²) in [5, 5.41) is 2.50. The van der Waals surface area contributed by atoms with Gasteiger partial charge < -0.3 is 15.8 Å². The van der Waals surface area contributed by atoms with Crippen molar-refractivity contribution in [1.29, 1.82) is 0 Å². The van der Waals surface area contributed by atoms with E-state index in [2.05, 4.69) is 17.9 Å². The van der Waals surface area contributed by atoms with Gasteiger partial charge >= 0.3 is 6.03 Å². The Labute approximate surface area is 95.2 Å². The van der Waals surface area contributed by atoms with Gasteiger partial charge in [-0.1, -0.05) is 18.2 Å². The third-order valence-electron chi connectivity index (χ3n) is 1.65. The lowest BCUT2D eigenvalue weighted by Gasteiger charge is -2.07. The van der Waals surface area contributed by atoms with Crippen molar-refractivity contribution in [3.63, 3.8) is 0 Å². The van der Waals surface area contributed by atoms with Gasteiger partial charge in [0.2, 0.25) is 0 Å². The Kier molecular flexibility index (Phi) is 7.27. The molecule has 15 heavy (non-hydrogen) atoms. The molecule has 0 heterocycles. The molecular formula is C10H16N2O2S. The molecule has 1 rings (SSSR count). The summed E-state index contributed by atoms with van der Waals surface area (Å²) in [6, 6.07) is 6.91. The summed E-state index contributed by atoms with van der Waals surface area (Å²) in [4.78, 5) is 10.4. The molecular weight excluding hydrogens is 212 g/mol. The van der Waals surface area contributed by atoms with Gasteiger partial charge in [-0.25, -0.2) is 4.79 Å². The monoisotopic (exact) mass is 228 g/mol. The molecule has 0 aliphatic rings. The van der Waals surface area contributed by atoms with Crippen LogP contribution in [0.4, 0.5) is 4.79 Å². The zero-order valence-electron chi connectivity index (χ0n) is 8.86. The number of primary amides is 1. The molecule has 0 unspecified atom stereocenters. The highest BCUT2D eigenvalue weighted by atomic mass is 32.1. The Morgan fingerprint density at radius 2 is 2.07 bits per heavy atom. The molecule has 0 bridgehead atoms. The maximum atomic E-state index is 10.4. The van der Waals surface area contributed by atoms with Crippen LogP contribution in [0.1, 0.15) is 5.56 Å². The van der Waals surface area contributed by atoms with Crippen molar-refractivity contribution in [2.45, 2.75) is 6.54 Å². The molecule has 3 N–H and O–H groups in total. The van der Waals surface area contributed by atoms with Gasteiger partial charge in [-0.3, -0.25) is 0 Å². The summed E-state index contributed by atoms with van der Waals surface area (Å²) in [7, 11) is 1.59. The van der Waals surface area contributed by atoms with Crippen LogP contribution in [0.5, 0.6) is 5.75 Å². The highest BCUT2D eigenvalue weighted by molar-refractivity contribution is 7.79. The first-order chi connectivity index (χ1) is 7.24. The normalized spacial score (nSPS) is 8.47. The topological polar surface area (TPSA) is 64.3 Å². The maximum Gasteiger partial charge on any atom is 0.312 e. The second-order valence-electron chi connectivity index (χ2n) is 2.53. The van der Waals surface area contributed by atoms with E-state index in [-0.39, 0.29) is 0 Å². The molecule has 0 spiro atoms. The highest BCUT2D eigenvalue weighted by Gasteiger charge is 2.01. The molecule has 0 aliphatic carbocycles. The third-order valence-corrected chi connectivity index (χ3v) is 1.65. The van der Waals surface area contributed by atoms with Crippen molar-refractivity contribution in [3.8, 4) is 5.75 Å².